The Morgan fingerprint density at radius 1 is 1.64 bits per heavy atom. The Morgan fingerprint density at radius 3 is 2.36 bits per heavy atom. The second-order valence-electron chi connectivity index (χ2n) is 3.47. The van der Waals surface area contributed by atoms with Gasteiger partial charge in [-0.25, -0.2) is 0 Å². The van der Waals surface area contributed by atoms with Crippen LogP contribution in [0.2, 0.25) is 0 Å². The molecule has 0 saturated carbocycles. The van der Waals surface area contributed by atoms with E-state index in [2.05, 4.69) is 0 Å². The molecular weight excluding hydrogens is 144 g/mol. The average Bonchev–Trinajstić information content (AvgIpc) is 1.80. The van der Waals surface area contributed by atoms with Gasteiger partial charge in [0.15, 0.2) is 0 Å². The van der Waals surface area contributed by atoms with Crippen molar-refractivity contribution in [2.24, 2.45) is 11.5 Å². The van der Waals surface area contributed by atoms with Crippen molar-refractivity contribution in [1.29, 1.82) is 0 Å². The molecule has 0 heterocycles. The molecule has 0 aliphatic carbocycles. The number of nitrogens with two attached hydrogens (primary N) is 2. The molecule has 0 aliphatic heterocycles. The Morgan fingerprint density at radius 2 is 2.09 bits per heavy atom. The smallest absolute Gasteiger partial charge is 0.320 e. The van der Waals surface area contributed by atoms with Gasteiger partial charge in [0.1, 0.15) is 6.04 Å². The van der Waals surface area contributed by atoms with Crippen LogP contribution >= 0.6 is 0 Å². The first kappa shape index (κ1) is 10.4. The number of hydrogen-bond acceptors (Lipinski definition) is 3. The van der Waals surface area contributed by atoms with Crippen molar-refractivity contribution in [2.75, 3.05) is 0 Å². The number of carbonyl (C=O) groups is 1. The molecule has 0 fully saturated rings. The van der Waals surface area contributed by atoms with E-state index >= 15 is 0 Å². The Balaban J connectivity index is 3.63. The van der Waals surface area contributed by atoms with Gasteiger partial charge in [0.2, 0.25) is 0 Å². The SMILES string of the molecule is CC(C)(N)CC[C@@H](N)C(=O)O. The summed E-state index contributed by atoms with van der Waals surface area (Å²) in [6.45, 7) is 3.70. The maximum absolute atomic E-state index is 10.3. The van der Waals surface area contributed by atoms with Gasteiger partial charge in [0, 0.05) is 5.54 Å². The lowest BCUT2D eigenvalue weighted by atomic mass is 9.97. The molecule has 0 amide bonds. The predicted molar refractivity (Wildman–Crippen MR) is 43.1 cm³/mol. The van der Waals surface area contributed by atoms with Crippen LogP contribution in [0.5, 0.6) is 0 Å². The largest absolute Gasteiger partial charge is 0.480 e. The standard InChI is InChI=1S/C7H16N2O2/c1-7(2,9)4-3-5(8)6(10)11/h5H,3-4,8-9H2,1-2H3,(H,10,11)/t5-/m1/s1. The summed E-state index contributed by atoms with van der Waals surface area (Å²) in [4.78, 5) is 10.3. The van der Waals surface area contributed by atoms with Gasteiger partial charge in [-0.3, -0.25) is 4.79 Å². The molecule has 0 unspecified atom stereocenters. The van der Waals surface area contributed by atoms with Crippen molar-refractivity contribution in [1.82, 2.24) is 0 Å². The van der Waals surface area contributed by atoms with Crippen LogP contribution in [-0.4, -0.2) is 22.7 Å². The fourth-order valence-corrected chi connectivity index (χ4v) is 0.651. The van der Waals surface area contributed by atoms with Crippen LogP contribution in [0.25, 0.3) is 0 Å². The van der Waals surface area contributed by atoms with E-state index in [1.165, 1.54) is 0 Å². The molecular formula is C7H16N2O2. The van der Waals surface area contributed by atoms with E-state index in [0.29, 0.717) is 12.8 Å². The minimum absolute atomic E-state index is 0.326. The van der Waals surface area contributed by atoms with Gasteiger partial charge in [0.05, 0.1) is 0 Å². The zero-order valence-corrected chi connectivity index (χ0v) is 7.00. The molecule has 0 aliphatic rings. The number of rotatable bonds is 4. The van der Waals surface area contributed by atoms with Crippen LogP contribution in [0.3, 0.4) is 0 Å². The molecule has 66 valence electrons. The second kappa shape index (κ2) is 3.69. The van der Waals surface area contributed by atoms with Crippen molar-refractivity contribution < 1.29 is 9.90 Å². The van der Waals surface area contributed by atoms with E-state index in [9.17, 15) is 4.79 Å². The van der Waals surface area contributed by atoms with Gasteiger partial charge < -0.3 is 16.6 Å². The molecule has 0 aromatic carbocycles. The highest BCUT2D eigenvalue weighted by molar-refractivity contribution is 5.72. The Labute approximate surface area is 66.6 Å². The van der Waals surface area contributed by atoms with Crippen LogP contribution < -0.4 is 11.5 Å². The molecule has 1 atom stereocenters. The van der Waals surface area contributed by atoms with E-state index in [4.69, 9.17) is 16.6 Å². The second-order valence-corrected chi connectivity index (χ2v) is 3.47. The first-order chi connectivity index (χ1) is 4.83. The molecule has 0 spiro atoms. The van der Waals surface area contributed by atoms with Crippen molar-refractivity contribution >= 4 is 5.97 Å². The van der Waals surface area contributed by atoms with Gasteiger partial charge in [0.25, 0.3) is 0 Å². The summed E-state index contributed by atoms with van der Waals surface area (Å²) in [5, 5.41) is 8.41. The fraction of sp³-hybridized carbons (Fsp3) is 0.857. The quantitative estimate of drug-likeness (QED) is 0.536. The lowest BCUT2D eigenvalue weighted by Gasteiger charge is -2.19. The van der Waals surface area contributed by atoms with Gasteiger partial charge in [-0.1, -0.05) is 0 Å². The zero-order chi connectivity index (χ0) is 9.07. The third-order valence-corrected chi connectivity index (χ3v) is 1.42. The monoisotopic (exact) mass is 160 g/mol. The van der Waals surface area contributed by atoms with Crippen LogP contribution in [0.1, 0.15) is 26.7 Å². The van der Waals surface area contributed by atoms with E-state index < -0.39 is 12.0 Å². The minimum atomic E-state index is -0.964. The molecule has 5 N–H and O–H groups in total. The number of hydrogen-bond donors (Lipinski definition) is 3. The average molecular weight is 160 g/mol. The van der Waals surface area contributed by atoms with Crippen LogP contribution in [0.15, 0.2) is 0 Å². The van der Waals surface area contributed by atoms with Crippen molar-refractivity contribution in [2.45, 2.75) is 38.3 Å². The highest BCUT2D eigenvalue weighted by Gasteiger charge is 2.16. The fourth-order valence-electron chi connectivity index (χ4n) is 0.651. The Bertz CT molecular complexity index is 140. The zero-order valence-electron chi connectivity index (χ0n) is 7.00. The molecule has 0 aromatic heterocycles. The lowest BCUT2D eigenvalue weighted by molar-refractivity contribution is -0.138. The van der Waals surface area contributed by atoms with Crippen molar-refractivity contribution in [3.05, 3.63) is 0 Å². The van der Waals surface area contributed by atoms with Gasteiger partial charge in [-0.2, -0.15) is 0 Å². The summed E-state index contributed by atoms with van der Waals surface area (Å²) in [6, 6.07) is -0.780. The summed E-state index contributed by atoms with van der Waals surface area (Å²) in [6.07, 6.45) is 1.05. The first-order valence-corrected chi connectivity index (χ1v) is 3.60. The van der Waals surface area contributed by atoms with Crippen LogP contribution in [0, 0.1) is 0 Å². The summed E-state index contributed by atoms with van der Waals surface area (Å²) in [7, 11) is 0. The number of carboxylic acid groups (broad SMARTS) is 1. The molecule has 0 aromatic rings. The van der Waals surface area contributed by atoms with E-state index in [1.807, 2.05) is 13.8 Å². The normalized spacial score (nSPS) is 14.5. The summed E-state index contributed by atoms with van der Waals surface area (Å²) < 4.78 is 0. The maximum Gasteiger partial charge on any atom is 0.320 e. The van der Waals surface area contributed by atoms with Gasteiger partial charge in [-0.05, 0) is 26.7 Å². The highest BCUT2D eigenvalue weighted by Crippen LogP contribution is 2.08. The summed E-state index contributed by atoms with van der Waals surface area (Å²) in [5.74, 6) is -0.964. The number of aliphatic carboxylic acids is 1. The van der Waals surface area contributed by atoms with Crippen molar-refractivity contribution in [3.63, 3.8) is 0 Å². The summed E-state index contributed by atoms with van der Waals surface area (Å²) in [5.41, 5.74) is 10.6. The molecule has 0 saturated heterocycles. The lowest BCUT2D eigenvalue weighted by Crippen LogP contribution is -2.37. The third kappa shape index (κ3) is 5.82. The van der Waals surface area contributed by atoms with Gasteiger partial charge in [-0.15, -0.1) is 0 Å². The van der Waals surface area contributed by atoms with E-state index in [1.54, 1.807) is 0 Å². The summed E-state index contributed by atoms with van der Waals surface area (Å²) >= 11 is 0. The van der Waals surface area contributed by atoms with Crippen LogP contribution in [-0.2, 0) is 4.79 Å². The van der Waals surface area contributed by atoms with Gasteiger partial charge >= 0.3 is 5.97 Å². The Kier molecular flexibility index (Phi) is 3.48. The minimum Gasteiger partial charge on any atom is -0.480 e. The van der Waals surface area contributed by atoms with E-state index in [-0.39, 0.29) is 5.54 Å². The van der Waals surface area contributed by atoms with Crippen LogP contribution in [0.4, 0.5) is 0 Å². The first-order valence-electron chi connectivity index (χ1n) is 3.60. The third-order valence-electron chi connectivity index (χ3n) is 1.42. The highest BCUT2D eigenvalue weighted by atomic mass is 16.4. The maximum atomic E-state index is 10.3. The number of carboxylic acids is 1. The molecule has 4 nitrogen and oxygen atoms in total. The predicted octanol–water partition coefficient (Wildman–Crippen LogP) is -0.0842. The molecule has 0 radical (unpaired) electrons. The molecule has 0 rings (SSSR count). The molecule has 11 heavy (non-hydrogen) atoms. The van der Waals surface area contributed by atoms with E-state index in [0.717, 1.165) is 0 Å². The molecule has 0 bridgehead atoms. The molecule has 4 heteroatoms. The van der Waals surface area contributed by atoms with Crippen molar-refractivity contribution in [3.8, 4) is 0 Å². The Hall–Kier alpha value is -0.610. The topological polar surface area (TPSA) is 89.3 Å².